The van der Waals surface area contributed by atoms with Crippen LogP contribution in [-0.4, -0.2) is 11.3 Å². The minimum Gasteiger partial charge on any atom is -0.399 e. The number of Topliss-reactive ketones (excluding diaryl/α,β-unsaturated/α-hetero) is 1. The Bertz CT molecular complexity index is 299. The number of halogens is 1. The van der Waals surface area contributed by atoms with Crippen molar-refractivity contribution < 1.29 is 4.79 Å². The highest BCUT2D eigenvalue weighted by atomic mass is 35.5. The van der Waals surface area contributed by atoms with Crippen molar-refractivity contribution in [3.8, 4) is 0 Å². The summed E-state index contributed by atoms with van der Waals surface area (Å²) in [5.74, 6) is 4.74. The van der Waals surface area contributed by atoms with Crippen LogP contribution in [0.4, 0.5) is 5.69 Å². The molecule has 0 aliphatic carbocycles. The number of hydrogen-bond acceptors (Lipinski definition) is 4. The Balaban J connectivity index is 2.83. The number of nitrogen functional groups attached to an aromatic ring is 1. The molecule has 0 fully saturated rings. The summed E-state index contributed by atoms with van der Waals surface area (Å²) in [6.07, 6.45) is 0. The predicted octanol–water partition coefficient (Wildman–Crippen LogP) is 0.480. The highest BCUT2D eigenvalue weighted by molar-refractivity contribution is 6.33. The normalized spacial score (nSPS) is 12.5. The molecule has 1 rings (SSSR count). The molecule has 0 aliphatic heterocycles. The van der Waals surface area contributed by atoms with E-state index in [4.69, 9.17) is 23.2 Å². The first-order valence-electron chi connectivity index (χ1n) is 3.65. The molecule has 5 N–H and O–H groups in total. The van der Waals surface area contributed by atoms with Crippen LogP contribution in [0.2, 0.25) is 0 Å². The summed E-state index contributed by atoms with van der Waals surface area (Å²) in [5, 5.41) is 0. The van der Waals surface area contributed by atoms with E-state index in [2.05, 4.69) is 5.43 Å². The third kappa shape index (κ3) is 2.42. The van der Waals surface area contributed by atoms with E-state index >= 15 is 0 Å². The number of anilines is 1. The van der Waals surface area contributed by atoms with E-state index in [1.165, 1.54) is 0 Å². The molecule has 13 heavy (non-hydrogen) atoms. The summed E-state index contributed by atoms with van der Waals surface area (Å²) in [7, 11) is 0. The van der Waals surface area contributed by atoms with Gasteiger partial charge in [0.2, 0.25) is 0 Å². The van der Waals surface area contributed by atoms with Crippen molar-refractivity contribution in [1.82, 2.24) is 5.43 Å². The molecule has 0 saturated carbocycles. The Morgan fingerprint density at radius 2 is 1.92 bits per heavy atom. The number of nitrogens with two attached hydrogens (primary N) is 2. The molecule has 0 amide bonds. The number of rotatable bonds is 3. The SMILES string of the molecule is NNC(Cl)C(=O)c1ccc(N)cc1. The van der Waals surface area contributed by atoms with Gasteiger partial charge in [0.1, 0.15) is 0 Å². The highest BCUT2D eigenvalue weighted by Gasteiger charge is 2.14. The van der Waals surface area contributed by atoms with Crippen LogP contribution in [0.3, 0.4) is 0 Å². The third-order valence-corrected chi connectivity index (χ3v) is 1.90. The molecular weight excluding hydrogens is 190 g/mol. The molecule has 1 aromatic rings. The van der Waals surface area contributed by atoms with Crippen LogP contribution in [0.15, 0.2) is 24.3 Å². The van der Waals surface area contributed by atoms with Gasteiger partial charge in [0, 0.05) is 11.3 Å². The zero-order chi connectivity index (χ0) is 9.84. The Hall–Kier alpha value is -1.10. The van der Waals surface area contributed by atoms with Gasteiger partial charge in [0.25, 0.3) is 0 Å². The third-order valence-electron chi connectivity index (χ3n) is 1.57. The van der Waals surface area contributed by atoms with Crippen LogP contribution in [0.5, 0.6) is 0 Å². The Morgan fingerprint density at radius 3 is 2.38 bits per heavy atom. The lowest BCUT2D eigenvalue weighted by Crippen LogP contribution is -2.36. The van der Waals surface area contributed by atoms with Crippen molar-refractivity contribution in [1.29, 1.82) is 0 Å². The smallest absolute Gasteiger partial charge is 0.196 e. The molecule has 0 spiro atoms. The zero-order valence-electron chi connectivity index (χ0n) is 6.83. The maximum absolute atomic E-state index is 11.4. The van der Waals surface area contributed by atoms with Gasteiger partial charge in [0.15, 0.2) is 11.3 Å². The number of benzene rings is 1. The number of hydrogen-bond donors (Lipinski definition) is 3. The molecule has 5 heteroatoms. The fourth-order valence-corrected chi connectivity index (χ4v) is 0.995. The fraction of sp³-hybridized carbons (Fsp3) is 0.125. The number of nitrogens with one attached hydrogen (secondary N) is 1. The molecule has 1 atom stereocenters. The van der Waals surface area contributed by atoms with Gasteiger partial charge in [-0.3, -0.25) is 10.6 Å². The average Bonchev–Trinajstić information content (AvgIpc) is 2.17. The Morgan fingerprint density at radius 1 is 1.38 bits per heavy atom. The summed E-state index contributed by atoms with van der Waals surface area (Å²) < 4.78 is 0. The number of hydrazine groups is 1. The topological polar surface area (TPSA) is 81.1 Å². The van der Waals surface area contributed by atoms with Gasteiger partial charge in [-0.1, -0.05) is 11.6 Å². The van der Waals surface area contributed by atoms with Crippen molar-refractivity contribution in [2.24, 2.45) is 5.84 Å². The summed E-state index contributed by atoms with van der Waals surface area (Å²) >= 11 is 5.57. The quantitative estimate of drug-likeness (QED) is 0.165. The molecule has 0 bridgehead atoms. The zero-order valence-corrected chi connectivity index (χ0v) is 7.58. The van der Waals surface area contributed by atoms with Gasteiger partial charge in [-0.2, -0.15) is 0 Å². The maximum Gasteiger partial charge on any atom is 0.196 e. The van der Waals surface area contributed by atoms with E-state index in [-0.39, 0.29) is 5.78 Å². The van der Waals surface area contributed by atoms with Crippen molar-refractivity contribution in [2.75, 3.05) is 5.73 Å². The molecule has 0 aromatic heterocycles. The van der Waals surface area contributed by atoms with E-state index < -0.39 is 5.50 Å². The monoisotopic (exact) mass is 199 g/mol. The molecular formula is C8H10ClN3O. The van der Waals surface area contributed by atoms with Gasteiger partial charge < -0.3 is 5.73 Å². The van der Waals surface area contributed by atoms with Gasteiger partial charge in [-0.05, 0) is 24.3 Å². The minimum absolute atomic E-state index is 0.274. The van der Waals surface area contributed by atoms with E-state index in [1.54, 1.807) is 24.3 Å². The first kappa shape index (κ1) is 9.98. The molecule has 1 aromatic carbocycles. The lowest BCUT2D eigenvalue weighted by molar-refractivity contribution is 0.0976. The second-order valence-corrected chi connectivity index (χ2v) is 2.95. The van der Waals surface area contributed by atoms with Gasteiger partial charge in [-0.15, -0.1) is 0 Å². The molecule has 0 aliphatic rings. The Labute approximate surface area is 80.8 Å². The standard InChI is InChI=1S/C8H10ClN3O/c9-8(12-11)7(13)5-1-3-6(10)4-2-5/h1-4,8,12H,10-11H2. The minimum atomic E-state index is -0.899. The Kier molecular flexibility index (Phi) is 3.25. The summed E-state index contributed by atoms with van der Waals surface area (Å²) in [6.45, 7) is 0. The molecule has 0 heterocycles. The first-order chi connectivity index (χ1) is 6.15. The van der Waals surface area contributed by atoms with Crippen molar-refractivity contribution in [3.05, 3.63) is 29.8 Å². The van der Waals surface area contributed by atoms with Crippen LogP contribution in [0.25, 0.3) is 0 Å². The van der Waals surface area contributed by atoms with E-state index in [1.807, 2.05) is 0 Å². The molecule has 0 radical (unpaired) electrons. The van der Waals surface area contributed by atoms with Crippen LogP contribution in [-0.2, 0) is 0 Å². The van der Waals surface area contributed by atoms with Crippen LogP contribution < -0.4 is 17.0 Å². The number of ketones is 1. The first-order valence-corrected chi connectivity index (χ1v) is 4.08. The number of carbonyl (C=O) groups excluding carboxylic acids is 1. The van der Waals surface area contributed by atoms with Crippen LogP contribution >= 0.6 is 11.6 Å². The highest BCUT2D eigenvalue weighted by Crippen LogP contribution is 2.09. The molecule has 1 unspecified atom stereocenters. The maximum atomic E-state index is 11.4. The van der Waals surface area contributed by atoms with Crippen molar-refractivity contribution in [2.45, 2.75) is 5.50 Å². The average molecular weight is 200 g/mol. The fourth-order valence-electron chi connectivity index (χ4n) is 0.869. The van der Waals surface area contributed by atoms with E-state index in [0.29, 0.717) is 11.3 Å². The molecule has 4 nitrogen and oxygen atoms in total. The number of carbonyl (C=O) groups is 1. The van der Waals surface area contributed by atoms with Crippen LogP contribution in [0, 0.1) is 0 Å². The summed E-state index contributed by atoms with van der Waals surface area (Å²) in [4.78, 5) is 11.4. The van der Waals surface area contributed by atoms with Crippen molar-refractivity contribution >= 4 is 23.1 Å². The van der Waals surface area contributed by atoms with Gasteiger partial charge >= 0.3 is 0 Å². The van der Waals surface area contributed by atoms with Crippen LogP contribution in [0.1, 0.15) is 10.4 Å². The molecule has 70 valence electrons. The lowest BCUT2D eigenvalue weighted by Gasteiger charge is -2.06. The largest absolute Gasteiger partial charge is 0.399 e. The van der Waals surface area contributed by atoms with Gasteiger partial charge in [0.05, 0.1) is 0 Å². The lowest BCUT2D eigenvalue weighted by atomic mass is 10.1. The summed E-state index contributed by atoms with van der Waals surface area (Å²) in [5.41, 5.74) is 7.79. The van der Waals surface area contributed by atoms with Crippen molar-refractivity contribution in [3.63, 3.8) is 0 Å². The number of alkyl halides is 1. The predicted molar refractivity (Wildman–Crippen MR) is 52.1 cm³/mol. The van der Waals surface area contributed by atoms with E-state index in [0.717, 1.165) is 0 Å². The second-order valence-electron chi connectivity index (χ2n) is 2.52. The van der Waals surface area contributed by atoms with Gasteiger partial charge in [-0.25, -0.2) is 5.43 Å². The molecule has 0 saturated heterocycles. The second kappa shape index (κ2) is 4.23. The summed E-state index contributed by atoms with van der Waals surface area (Å²) in [6, 6.07) is 6.47. The van der Waals surface area contributed by atoms with E-state index in [9.17, 15) is 4.79 Å².